The van der Waals surface area contributed by atoms with Gasteiger partial charge in [-0.15, -0.1) is 0 Å². The summed E-state index contributed by atoms with van der Waals surface area (Å²) in [6.45, 7) is 2.91. The molecule has 0 radical (unpaired) electrons. The molecule has 0 bridgehead atoms. The minimum absolute atomic E-state index is 0.0342. The number of aryl methyl sites for hydroxylation is 1. The number of aliphatic hydroxyl groups excluding tert-OH is 2. The Morgan fingerprint density at radius 1 is 0.881 bits per heavy atom. The molecule has 3 aromatic rings. The van der Waals surface area contributed by atoms with Crippen molar-refractivity contribution in [3.05, 3.63) is 94.8 Å². The number of urea groups is 1. The Labute approximate surface area is 247 Å². The molecule has 0 fully saturated rings. The highest BCUT2D eigenvalue weighted by atomic mass is 19.1. The van der Waals surface area contributed by atoms with Crippen LogP contribution < -0.4 is 16.0 Å². The van der Waals surface area contributed by atoms with Crippen LogP contribution in [0.4, 0.5) is 14.9 Å². The number of amides is 2. The first-order valence-electron chi connectivity index (χ1n) is 14.7. The lowest BCUT2D eigenvalue weighted by atomic mass is 10.1. The van der Waals surface area contributed by atoms with Crippen LogP contribution in [0.3, 0.4) is 0 Å². The van der Waals surface area contributed by atoms with Crippen LogP contribution in [0.15, 0.2) is 66.7 Å². The average molecular weight is 582 g/mol. The second kappa shape index (κ2) is 18.8. The van der Waals surface area contributed by atoms with Gasteiger partial charge in [-0.1, -0.05) is 43.2 Å². The van der Waals surface area contributed by atoms with E-state index in [1.54, 1.807) is 12.1 Å². The highest BCUT2D eigenvalue weighted by Gasteiger charge is 2.10. The predicted molar refractivity (Wildman–Crippen MR) is 163 cm³/mol. The SMILES string of the molecule is O=C(NCc1cccc(CCCCOCCCCCCNC[C@@H](O)c2ccc(O)c(CO)c2)c1)Nc1ccc(F)cc1. The number of hydrogen-bond donors (Lipinski definition) is 6. The van der Waals surface area contributed by atoms with E-state index in [0.717, 1.165) is 70.3 Å². The van der Waals surface area contributed by atoms with Crippen LogP contribution in [0.1, 0.15) is 66.9 Å². The molecule has 0 aliphatic rings. The van der Waals surface area contributed by atoms with Crippen LogP contribution in [0.2, 0.25) is 0 Å². The number of ether oxygens (including phenoxy) is 1. The molecule has 0 heterocycles. The number of phenols is 1. The van der Waals surface area contributed by atoms with E-state index in [-0.39, 0.29) is 24.2 Å². The molecule has 0 saturated heterocycles. The number of benzene rings is 3. The fourth-order valence-corrected chi connectivity index (χ4v) is 4.52. The summed E-state index contributed by atoms with van der Waals surface area (Å²) >= 11 is 0. The lowest BCUT2D eigenvalue weighted by Gasteiger charge is -2.14. The van der Waals surface area contributed by atoms with E-state index in [9.17, 15) is 24.5 Å². The van der Waals surface area contributed by atoms with E-state index in [2.05, 4.69) is 28.1 Å². The maximum atomic E-state index is 13.0. The topological polar surface area (TPSA) is 123 Å². The number of anilines is 1. The molecule has 0 aromatic heterocycles. The third-order valence-electron chi connectivity index (χ3n) is 6.94. The summed E-state index contributed by atoms with van der Waals surface area (Å²) in [6.07, 6.45) is 6.56. The molecule has 0 aliphatic carbocycles. The molecule has 1 atom stereocenters. The Bertz CT molecular complexity index is 1210. The largest absolute Gasteiger partial charge is 0.508 e. The molecule has 0 aliphatic heterocycles. The van der Waals surface area contributed by atoms with Crippen molar-refractivity contribution in [2.75, 3.05) is 31.6 Å². The number of carbonyl (C=O) groups is 1. The van der Waals surface area contributed by atoms with Crippen LogP contribution in [0, 0.1) is 5.82 Å². The van der Waals surface area contributed by atoms with E-state index in [0.29, 0.717) is 29.9 Å². The number of rotatable bonds is 19. The lowest BCUT2D eigenvalue weighted by molar-refractivity contribution is 0.126. The molecule has 8 nitrogen and oxygen atoms in total. The number of halogens is 1. The third-order valence-corrected chi connectivity index (χ3v) is 6.94. The molecule has 3 rings (SSSR count). The average Bonchev–Trinajstić information content (AvgIpc) is 3.00. The first kappa shape index (κ1) is 33.0. The molecule has 2 amide bonds. The van der Waals surface area contributed by atoms with Gasteiger partial charge >= 0.3 is 6.03 Å². The van der Waals surface area contributed by atoms with Crippen molar-refractivity contribution in [3.63, 3.8) is 0 Å². The summed E-state index contributed by atoms with van der Waals surface area (Å²) < 4.78 is 18.8. The lowest BCUT2D eigenvalue weighted by Crippen LogP contribution is -2.28. The molecule has 0 unspecified atom stereocenters. The number of aliphatic hydroxyl groups is 2. The molecule has 9 heteroatoms. The van der Waals surface area contributed by atoms with Crippen LogP contribution in [-0.4, -0.2) is 47.7 Å². The molecule has 228 valence electrons. The van der Waals surface area contributed by atoms with Gasteiger partial charge in [0, 0.05) is 37.6 Å². The van der Waals surface area contributed by atoms with Gasteiger partial charge in [0.2, 0.25) is 0 Å². The number of nitrogens with one attached hydrogen (secondary N) is 3. The van der Waals surface area contributed by atoms with Crippen molar-refractivity contribution in [3.8, 4) is 5.75 Å². The zero-order chi connectivity index (χ0) is 30.0. The van der Waals surface area contributed by atoms with Gasteiger partial charge in [-0.05, 0) is 91.7 Å². The monoisotopic (exact) mass is 581 g/mol. The Hall–Kier alpha value is -3.50. The van der Waals surface area contributed by atoms with Gasteiger partial charge in [0.05, 0.1) is 12.7 Å². The van der Waals surface area contributed by atoms with Gasteiger partial charge in [0.15, 0.2) is 0 Å². The normalized spacial score (nSPS) is 11.8. The van der Waals surface area contributed by atoms with Crippen molar-refractivity contribution < 1.29 is 29.2 Å². The fraction of sp³-hybridized carbons (Fsp3) is 0.424. The van der Waals surface area contributed by atoms with Crippen LogP contribution >= 0.6 is 0 Å². The second-order valence-electron chi connectivity index (χ2n) is 10.4. The second-order valence-corrected chi connectivity index (χ2v) is 10.4. The zero-order valence-electron chi connectivity index (χ0n) is 24.2. The van der Waals surface area contributed by atoms with Crippen molar-refractivity contribution in [2.45, 2.75) is 64.2 Å². The summed E-state index contributed by atoms with van der Waals surface area (Å²) in [5.74, 6) is -0.310. The molecule has 0 spiro atoms. The van der Waals surface area contributed by atoms with Crippen LogP contribution in [0.25, 0.3) is 0 Å². The third kappa shape index (κ3) is 12.6. The van der Waals surface area contributed by atoms with E-state index < -0.39 is 6.10 Å². The van der Waals surface area contributed by atoms with Crippen molar-refractivity contribution in [2.24, 2.45) is 0 Å². The van der Waals surface area contributed by atoms with Gasteiger partial charge in [-0.25, -0.2) is 9.18 Å². The number of aromatic hydroxyl groups is 1. The first-order chi connectivity index (χ1) is 20.4. The van der Waals surface area contributed by atoms with Gasteiger partial charge in [0.25, 0.3) is 0 Å². The molecular formula is C33H44FN3O5. The number of carbonyl (C=O) groups excluding carboxylic acids is 1. The summed E-state index contributed by atoms with van der Waals surface area (Å²) in [5, 5.41) is 38.0. The summed E-state index contributed by atoms with van der Waals surface area (Å²) in [5.41, 5.74) is 3.88. The Balaban J connectivity index is 1.15. The van der Waals surface area contributed by atoms with Gasteiger partial charge in [0.1, 0.15) is 11.6 Å². The summed E-state index contributed by atoms with van der Waals surface area (Å²) in [6, 6.07) is 18.3. The van der Waals surface area contributed by atoms with Crippen LogP contribution in [0.5, 0.6) is 5.75 Å². The van der Waals surface area contributed by atoms with Gasteiger partial charge in [-0.2, -0.15) is 0 Å². The van der Waals surface area contributed by atoms with E-state index in [1.807, 2.05) is 12.1 Å². The summed E-state index contributed by atoms with van der Waals surface area (Å²) in [4.78, 5) is 12.1. The molecule has 3 aromatic carbocycles. The maximum absolute atomic E-state index is 13.0. The minimum Gasteiger partial charge on any atom is -0.508 e. The number of hydrogen-bond acceptors (Lipinski definition) is 6. The fourth-order valence-electron chi connectivity index (χ4n) is 4.52. The van der Waals surface area contributed by atoms with E-state index in [1.165, 1.54) is 35.9 Å². The van der Waals surface area contributed by atoms with E-state index in [4.69, 9.17) is 4.74 Å². The summed E-state index contributed by atoms with van der Waals surface area (Å²) in [7, 11) is 0. The Kier molecular flexibility index (Phi) is 14.8. The maximum Gasteiger partial charge on any atom is 0.319 e. The highest BCUT2D eigenvalue weighted by Crippen LogP contribution is 2.22. The molecular weight excluding hydrogens is 537 g/mol. The zero-order valence-corrected chi connectivity index (χ0v) is 24.2. The quantitative estimate of drug-likeness (QED) is 0.103. The molecule has 42 heavy (non-hydrogen) atoms. The van der Waals surface area contributed by atoms with E-state index >= 15 is 0 Å². The Morgan fingerprint density at radius 2 is 1.62 bits per heavy atom. The number of unbranched alkanes of at least 4 members (excludes halogenated alkanes) is 4. The van der Waals surface area contributed by atoms with Gasteiger partial charge < -0.3 is 36.0 Å². The highest BCUT2D eigenvalue weighted by molar-refractivity contribution is 5.89. The van der Waals surface area contributed by atoms with Gasteiger partial charge in [-0.3, -0.25) is 0 Å². The standard InChI is InChI=1S/C33H44FN3O5/c34-29-12-14-30(15-13-29)37-33(41)36-22-26-10-7-9-25(20-26)8-3-6-19-42-18-5-2-1-4-17-35-23-32(40)27-11-16-31(39)28(21-27)24-38/h7,9-16,20-21,32,35,38-40H,1-6,8,17-19,22-24H2,(H2,36,37,41)/t32-/m1/s1. The van der Waals surface area contributed by atoms with Crippen LogP contribution in [-0.2, 0) is 24.3 Å². The predicted octanol–water partition coefficient (Wildman–Crippen LogP) is 5.57. The Morgan fingerprint density at radius 3 is 2.40 bits per heavy atom. The van der Waals surface area contributed by atoms with Crippen molar-refractivity contribution in [1.82, 2.24) is 10.6 Å². The molecule has 0 saturated carbocycles. The van der Waals surface area contributed by atoms with Crippen molar-refractivity contribution in [1.29, 1.82) is 0 Å². The minimum atomic E-state index is -0.682. The first-order valence-corrected chi connectivity index (χ1v) is 14.7. The molecule has 6 N–H and O–H groups in total. The van der Waals surface area contributed by atoms with Crippen molar-refractivity contribution >= 4 is 11.7 Å². The smallest absolute Gasteiger partial charge is 0.319 e.